The van der Waals surface area contributed by atoms with Crippen LogP contribution in [0, 0.1) is 12.3 Å². The Morgan fingerprint density at radius 1 is 1.58 bits per heavy atom. The van der Waals surface area contributed by atoms with Crippen LogP contribution in [0.3, 0.4) is 0 Å². The number of urea groups is 1. The van der Waals surface area contributed by atoms with Crippen LogP contribution < -0.4 is 5.32 Å². The van der Waals surface area contributed by atoms with E-state index in [1.165, 1.54) is 16.7 Å². The van der Waals surface area contributed by atoms with E-state index in [0.29, 0.717) is 12.2 Å². The molecule has 106 valence electrons. The van der Waals surface area contributed by atoms with E-state index in [4.69, 9.17) is 11.5 Å². The molecule has 0 bridgehead atoms. The summed E-state index contributed by atoms with van der Waals surface area (Å²) in [6.45, 7) is 3.92. The van der Waals surface area contributed by atoms with Gasteiger partial charge < -0.3 is 10.4 Å². The molecule has 0 saturated carbocycles. The van der Waals surface area contributed by atoms with E-state index < -0.39 is 12.0 Å². The van der Waals surface area contributed by atoms with Gasteiger partial charge in [-0.1, -0.05) is 26.2 Å². The Hall–Kier alpha value is -1.35. The Bertz CT molecular complexity index is 381. The fraction of sp³-hybridized carbons (Fsp3) is 0.692. The van der Waals surface area contributed by atoms with Crippen molar-refractivity contribution < 1.29 is 14.7 Å². The summed E-state index contributed by atoms with van der Waals surface area (Å²) in [7, 11) is 0. The standard InChI is InChI=1S/C13H20N2O3S/c1-4-7-9(5-2)14-13(18)15-10(12(16)17)8-19-11(15)6-3/h2,9-11H,4,6-8H2,1,3H3,(H,14,18)(H,16,17). The van der Waals surface area contributed by atoms with E-state index in [9.17, 15) is 9.59 Å². The molecule has 3 atom stereocenters. The van der Waals surface area contributed by atoms with E-state index in [0.717, 1.165) is 12.8 Å². The van der Waals surface area contributed by atoms with Gasteiger partial charge in [0.25, 0.3) is 0 Å². The van der Waals surface area contributed by atoms with E-state index >= 15 is 0 Å². The van der Waals surface area contributed by atoms with Gasteiger partial charge in [0.05, 0.1) is 11.4 Å². The maximum atomic E-state index is 12.2. The van der Waals surface area contributed by atoms with Crippen molar-refractivity contribution in [1.82, 2.24) is 10.2 Å². The van der Waals surface area contributed by atoms with Crippen LogP contribution in [-0.4, -0.2) is 45.2 Å². The van der Waals surface area contributed by atoms with Crippen molar-refractivity contribution in [2.24, 2.45) is 0 Å². The zero-order valence-electron chi connectivity index (χ0n) is 11.3. The van der Waals surface area contributed by atoms with Gasteiger partial charge in [0.1, 0.15) is 6.04 Å². The zero-order valence-corrected chi connectivity index (χ0v) is 12.1. The molecule has 2 amide bonds. The summed E-state index contributed by atoms with van der Waals surface area (Å²) in [5.74, 6) is 1.98. The first-order valence-corrected chi connectivity index (χ1v) is 7.49. The zero-order chi connectivity index (χ0) is 14.4. The monoisotopic (exact) mass is 284 g/mol. The predicted octanol–water partition coefficient (Wildman–Crippen LogP) is 1.74. The van der Waals surface area contributed by atoms with Crippen molar-refractivity contribution in [3.05, 3.63) is 0 Å². The summed E-state index contributed by atoms with van der Waals surface area (Å²) in [6, 6.07) is -1.48. The average Bonchev–Trinajstić information content (AvgIpc) is 2.81. The SMILES string of the molecule is C#CC(CCC)NC(=O)N1C(CC)SCC1C(=O)O. The number of hydrogen-bond acceptors (Lipinski definition) is 3. The Morgan fingerprint density at radius 2 is 2.26 bits per heavy atom. The fourth-order valence-corrected chi connectivity index (χ4v) is 3.40. The summed E-state index contributed by atoms with van der Waals surface area (Å²) < 4.78 is 0. The van der Waals surface area contributed by atoms with Crippen molar-refractivity contribution in [3.8, 4) is 12.3 Å². The second-order valence-electron chi connectivity index (χ2n) is 4.41. The second-order valence-corrected chi connectivity index (χ2v) is 5.63. The molecule has 1 fully saturated rings. The highest BCUT2D eigenvalue weighted by atomic mass is 32.2. The lowest BCUT2D eigenvalue weighted by molar-refractivity contribution is -0.141. The van der Waals surface area contributed by atoms with Gasteiger partial charge in [-0.15, -0.1) is 18.2 Å². The number of rotatable bonds is 5. The summed E-state index contributed by atoms with van der Waals surface area (Å²) >= 11 is 1.50. The highest BCUT2D eigenvalue weighted by Gasteiger charge is 2.41. The first kappa shape index (κ1) is 15.7. The number of carbonyl (C=O) groups is 2. The number of terminal acetylenes is 1. The Balaban J connectivity index is 2.76. The molecule has 1 rings (SSSR count). The third-order valence-corrected chi connectivity index (χ3v) is 4.49. The first-order chi connectivity index (χ1) is 9.04. The molecule has 0 radical (unpaired) electrons. The number of nitrogens with one attached hydrogen (secondary N) is 1. The van der Waals surface area contributed by atoms with Gasteiger partial charge in [0.15, 0.2) is 0 Å². The van der Waals surface area contributed by atoms with E-state index in [2.05, 4.69) is 11.2 Å². The Morgan fingerprint density at radius 3 is 2.74 bits per heavy atom. The molecule has 6 heteroatoms. The van der Waals surface area contributed by atoms with Gasteiger partial charge in [-0.05, 0) is 12.8 Å². The summed E-state index contributed by atoms with van der Waals surface area (Å²) in [6.07, 6.45) is 7.64. The number of carboxylic acids is 1. The van der Waals surface area contributed by atoms with Gasteiger partial charge in [0.2, 0.25) is 0 Å². The van der Waals surface area contributed by atoms with Crippen LogP contribution in [-0.2, 0) is 4.79 Å². The topological polar surface area (TPSA) is 69.6 Å². The van der Waals surface area contributed by atoms with Crippen LogP contribution in [0.2, 0.25) is 0 Å². The summed E-state index contributed by atoms with van der Waals surface area (Å²) in [5, 5.41) is 11.8. The molecule has 1 saturated heterocycles. The van der Waals surface area contributed by atoms with E-state index in [1.54, 1.807) is 0 Å². The highest BCUT2D eigenvalue weighted by molar-refractivity contribution is 8.00. The minimum Gasteiger partial charge on any atom is -0.480 e. The number of carboxylic acid groups (broad SMARTS) is 1. The van der Waals surface area contributed by atoms with E-state index in [1.807, 2.05) is 13.8 Å². The normalized spacial score (nSPS) is 23.7. The minimum absolute atomic E-state index is 0.0962. The lowest BCUT2D eigenvalue weighted by Crippen LogP contribution is -2.52. The van der Waals surface area contributed by atoms with Crippen molar-refractivity contribution in [3.63, 3.8) is 0 Å². The largest absolute Gasteiger partial charge is 0.480 e. The maximum Gasteiger partial charge on any atom is 0.327 e. The number of amides is 2. The molecular formula is C13H20N2O3S. The molecule has 3 unspecified atom stereocenters. The van der Waals surface area contributed by atoms with Crippen LogP contribution in [0.25, 0.3) is 0 Å². The van der Waals surface area contributed by atoms with Crippen molar-refractivity contribution in [2.45, 2.75) is 50.6 Å². The Kier molecular flexibility index (Phi) is 6.03. The van der Waals surface area contributed by atoms with Gasteiger partial charge in [0, 0.05) is 5.75 Å². The van der Waals surface area contributed by atoms with Crippen molar-refractivity contribution >= 4 is 23.8 Å². The summed E-state index contributed by atoms with van der Waals surface area (Å²) in [5.41, 5.74) is 0. The van der Waals surface area contributed by atoms with Crippen LogP contribution >= 0.6 is 11.8 Å². The summed E-state index contributed by atoms with van der Waals surface area (Å²) in [4.78, 5) is 24.8. The lowest BCUT2D eigenvalue weighted by atomic mass is 10.2. The maximum absolute atomic E-state index is 12.2. The van der Waals surface area contributed by atoms with Crippen molar-refractivity contribution in [2.75, 3.05) is 5.75 Å². The van der Waals surface area contributed by atoms with Crippen LogP contribution in [0.1, 0.15) is 33.1 Å². The third kappa shape index (κ3) is 3.80. The van der Waals surface area contributed by atoms with Gasteiger partial charge in [-0.3, -0.25) is 4.90 Å². The molecule has 0 aromatic carbocycles. The molecule has 5 nitrogen and oxygen atoms in total. The highest BCUT2D eigenvalue weighted by Crippen LogP contribution is 2.31. The molecule has 0 aliphatic carbocycles. The number of aliphatic carboxylic acids is 1. The minimum atomic E-state index is -0.966. The van der Waals surface area contributed by atoms with Gasteiger partial charge in [-0.2, -0.15) is 0 Å². The second kappa shape index (κ2) is 7.29. The molecule has 1 heterocycles. The van der Waals surface area contributed by atoms with E-state index in [-0.39, 0.29) is 17.4 Å². The predicted molar refractivity (Wildman–Crippen MR) is 75.9 cm³/mol. The molecule has 1 aliphatic rings. The van der Waals surface area contributed by atoms with Crippen molar-refractivity contribution in [1.29, 1.82) is 0 Å². The first-order valence-electron chi connectivity index (χ1n) is 6.44. The van der Waals surface area contributed by atoms with Crippen LogP contribution in [0.5, 0.6) is 0 Å². The Labute approximate surface area is 118 Å². The van der Waals surface area contributed by atoms with Crippen LogP contribution in [0.15, 0.2) is 0 Å². The lowest BCUT2D eigenvalue weighted by Gasteiger charge is -2.28. The van der Waals surface area contributed by atoms with Gasteiger partial charge in [-0.25, -0.2) is 9.59 Å². The smallest absolute Gasteiger partial charge is 0.327 e. The number of nitrogens with zero attached hydrogens (tertiary/aromatic N) is 1. The van der Waals surface area contributed by atoms with Gasteiger partial charge >= 0.3 is 12.0 Å². The number of hydrogen-bond donors (Lipinski definition) is 2. The average molecular weight is 284 g/mol. The quantitative estimate of drug-likeness (QED) is 0.754. The number of carbonyl (C=O) groups excluding carboxylic acids is 1. The molecule has 19 heavy (non-hydrogen) atoms. The molecule has 0 spiro atoms. The molecular weight excluding hydrogens is 264 g/mol. The van der Waals surface area contributed by atoms with Crippen LogP contribution in [0.4, 0.5) is 4.79 Å². The molecule has 1 aliphatic heterocycles. The molecule has 0 aromatic rings. The molecule has 0 aromatic heterocycles. The fourth-order valence-electron chi connectivity index (χ4n) is 2.05. The number of thioether (sulfide) groups is 1. The molecule has 2 N–H and O–H groups in total. The third-order valence-electron chi connectivity index (χ3n) is 3.04.